The zero-order valence-corrected chi connectivity index (χ0v) is 14.8. The van der Waals surface area contributed by atoms with Gasteiger partial charge >= 0.3 is 6.18 Å². The molecule has 0 unspecified atom stereocenters. The maximum absolute atomic E-state index is 13.0. The fourth-order valence-electron chi connectivity index (χ4n) is 2.75. The molecule has 0 saturated carbocycles. The minimum Gasteiger partial charge on any atom is -0.380 e. The smallest absolute Gasteiger partial charge is 0.380 e. The summed E-state index contributed by atoms with van der Waals surface area (Å²) < 4.78 is 43.9. The summed E-state index contributed by atoms with van der Waals surface area (Å²) in [5.74, 6) is -0.321. The van der Waals surface area contributed by atoms with Crippen LogP contribution in [0.1, 0.15) is 52.9 Å². The number of alkyl halides is 3. The van der Waals surface area contributed by atoms with Crippen LogP contribution in [0.25, 0.3) is 0 Å². The summed E-state index contributed by atoms with van der Waals surface area (Å²) in [7, 11) is 1.57. The molecule has 0 heterocycles. The lowest BCUT2D eigenvalue weighted by Crippen LogP contribution is -2.28. The SMILES string of the molecule is CCC[C@H](NC(=O)c1cccc(COC)c1)c1cccc(C(F)(F)F)c1. The van der Waals surface area contributed by atoms with Gasteiger partial charge in [-0.15, -0.1) is 0 Å². The van der Waals surface area contributed by atoms with Crippen LogP contribution in [0.4, 0.5) is 13.2 Å². The molecule has 2 aromatic rings. The van der Waals surface area contributed by atoms with E-state index < -0.39 is 17.8 Å². The molecule has 26 heavy (non-hydrogen) atoms. The van der Waals surface area contributed by atoms with Crippen molar-refractivity contribution >= 4 is 5.91 Å². The molecule has 2 aromatic carbocycles. The third-order valence-corrected chi connectivity index (χ3v) is 4.00. The van der Waals surface area contributed by atoms with Gasteiger partial charge in [0.2, 0.25) is 0 Å². The molecule has 1 N–H and O–H groups in total. The van der Waals surface area contributed by atoms with Crippen LogP contribution >= 0.6 is 0 Å². The van der Waals surface area contributed by atoms with Crippen LogP contribution in [-0.2, 0) is 17.5 Å². The summed E-state index contributed by atoms with van der Waals surface area (Å²) >= 11 is 0. The number of rotatable bonds is 7. The Morgan fingerprint density at radius 2 is 1.88 bits per heavy atom. The van der Waals surface area contributed by atoms with E-state index in [1.54, 1.807) is 31.4 Å². The highest BCUT2D eigenvalue weighted by atomic mass is 19.4. The highest BCUT2D eigenvalue weighted by molar-refractivity contribution is 5.94. The number of ether oxygens (including phenoxy) is 1. The summed E-state index contributed by atoms with van der Waals surface area (Å²) in [5.41, 5.74) is 1.04. The second kappa shape index (κ2) is 8.85. The average Bonchev–Trinajstić information content (AvgIpc) is 2.61. The van der Waals surface area contributed by atoms with Gasteiger partial charge in [-0.3, -0.25) is 4.79 Å². The largest absolute Gasteiger partial charge is 0.416 e. The Balaban J connectivity index is 2.23. The average molecular weight is 365 g/mol. The fraction of sp³-hybridized carbons (Fsp3) is 0.350. The third kappa shape index (κ3) is 5.33. The highest BCUT2D eigenvalue weighted by Crippen LogP contribution is 2.31. The number of benzene rings is 2. The van der Waals surface area contributed by atoms with E-state index in [4.69, 9.17) is 4.74 Å². The van der Waals surface area contributed by atoms with Crippen LogP contribution in [0.15, 0.2) is 48.5 Å². The van der Waals surface area contributed by atoms with Crippen LogP contribution in [0.3, 0.4) is 0 Å². The Hall–Kier alpha value is -2.34. The number of carbonyl (C=O) groups is 1. The fourth-order valence-corrected chi connectivity index (χ4v) is 2.75. The van der Waals surface area contributed by atoms with Crippen LogP contribution in [0.5, 0.6) is 0 Å². The van der Waals surface area contributed by atoms with Crippen molar-refractivity contribution in [1.82, 2.24) is 5.32 Å². The lowest BCUT2D eigenvalue weighted by Gasteiger charge is -2.20. The molecule has 0 bridgehead atoms. The molecule has 0 spiro atoms. The Morgan fingerprint density at radius 3 is 2.54 bits per heavy atom. The first-order chi connectivity index (χ1) is 12.3. The lowest BCUT2D eigenvalue weighted by atomic mass is 9.99. The van der Waals surface area contributed by atoms with E-state index in [2.05, 4.69) is 5.32 Å². The second-order valence-electron chi connectivity index (χ2n) is 6.07. The van der Waals surface area contributed by atoms with Crippen molar-refractivity contribution < 1.29 is 22.7 Å². The van der Waals surface area contributed by atoms with E-state index in [-0.39, 0.29) is 5.91 Å². The van der Waals surface area contributed by atoms with E-state index in [0.29, 0.717) is 24.2 Å². The van der Waals surface area contributed by atoms with Crippen molar-refractivity contribution in [2.75, 3.05) is 7.11 Å². The van der Waals surface area contributed by atoms with Crippen molar-refractivity contribution in [3.05, 3.63) is 70.8 Å². The second-order valence-corrected chi connectivity index (χ2v) is 6.07. The van der Waals surface area contributed by atoms with Crippen LogP contribution in [-0.4, -0.2) is 13.0 Å². The van der Waals surface area contributed by atoms with Gasteiger partial charge < -0.3 is 10.1 Å². The molecule has 6 heteroatoms. The number of nitrogens with one attached hydrogen (secondary N) is 1. The van der Waals surface area contributed by atoms with Crippen LogP contribution in [0, 0.1) is 0 Å². The first-order valence-electron chi connectivity index (χ1n) is 8.41. The summed E-state index contributed by atoms with van der Waals surface area (Å²) in [5, 5.41) is 2.85. The number of amides is 1. The molecule has 0 aliphatic rings. The Kier molecular flexibility index (Phi) is 6.80. The van der Waals surface area contributed by atoms with Gasteiger partial charge in [0.15, 0.2) is 0 Å². The molecule has 0 saturated heterocycles. The summed E-state index contributed by atoms with van der Waals surface area (Å²) in [6.07, 6.45) is -3.14. The van der Waals surface area contributed by atoms with Gasteiger partial charge in [0.25, 0.3) is 5.91 Å². The van der Waals surface area contributed by atoms with Crippen molar-refractivity contribution in [1.29, 1.82) is 0 Å². The Labute approximate surface area is 151 Å². The molecule has 3 nitrogen and oxygen atoms in total. The number of carbonyl (C=O) groups excluding carboxylic acids is 1. The number of hydrogen-bond acceptors (Lipinski definition) is 2. The number of hydrogen-bond donors (Lipinski definition) is 1. The van der Waals surface area contributed by atoms with Crippen molar-refractivity contribution in [3.8, 4) is 0 Å². The minimum absolute atomic E-state index is 0.321. The van der Waals surface area contributed by atoms with Crippen LogP contribution < -0.4 is 5.32 Å². The topological polar surface area (TPSA) is 38.3 Å². The molecule has 0 aliphatic heterocycles. The minimum atomic E-state index is -4.41. The third-order valence-electron chi connectivity index (χ3n) is 4.00. The molecule has 0 aromatic heterocycles. The van der Waals surface area contributed by atoms with Gasteiger partial charge in [0.05, 0.1) is 18.2 Å². The van der Waals surface area contributed by atoms with E-state index >= 15 is 0 Å². The maximum Gasteiger partial charge on any atom is 0.416 e. The normalized spacial score (nSPS) is 12.7. The van der Waals surface area contributed by atoms with Crippen LogP contribution in [0.2, 0.25) is 0 Å². The van der Waals surface area contributed by atoms with Crippen molar-refractivity contribution in [2.24, 2.45) is 0 Å². The van der Waals surface area contributed by atoms with Gasteiger partial charge in [-0.25, -0.2) is 0 Å². The van der Waals surface area contributed by atoms with E-state index in [1.807, 2.05) is 13.0 Å². The van der Waals surface area contributed by atoms with Gasteiger partial charge in [0, 0.05) is 12.7 Å². The molecule has 2 rings (SSSR count). The lowest BCUT2D eigenvalue weighted by molar-refractivity contribution is -0.137. The standard InChI is InChI=1S/C20H22F3NO2/c1-3-6-18(15-8-5-10-17(12-15)20(21,22)23)24-19(25)16-9-4-7-14(11-16)13-26-2/h4-5,7-12,18H,3,6,13H2,1-2H3,(H,24,25)/t18-/m0/s1. The zero-order chi connectivity index (χ0) is 19.2. The van der Waals surface area contributed by atoms with Gasteiger partial charge in [-0.05, 0) is 41.8 Å². The quantitative estimate of drug-likeness (QED) is 0.739. The summed E-state index contributed by atoms with van der Waals surface area (Å²) in [6.45, 7) is 2.30. The predicted octanol–water partition coefficient (Wildman–Crippen LogP) is 5.12. The summed E-state index contributed by atoms with van der Waals surface area (Å²) in [6, 6.07) is 11.6. The molecular weight excluding hydrogens is 343 g/mol. The number of halogens is 3. The molecule has 1 amide bonds. The Bertz CT molecular complexity index is 744. The number of methoxy groups -OCH3 is 1. The Morgan fingerprint density at radius 1 is 1.15 bits per heavy atom. The molecule has 140 valence electrons. The molecule has 0 fully saturated rings. The predicted molar refractivity (Wildman–Crippen MR) is 93.7 cm³/mol. The van der Waals surface area contributed by atoms with Gasteiger partial charge in [0.1, 0.15) is 0 Å². The molecular formula is C20H22F3NO2. The summed E-state index contributed by atoms with van der Waals surface area (Å²) in [4.78, 5) is 12.6. The van der Waals surface area contributed by atoms with E-state index in [9.17, 15) is 18.0 Å². The van der Waals surface area contributed by atoms with E-state index in [1.165, 1.54) is 6.07 Å². The zero-order valence-electron chi connectivity index (χ0n) is 14.8. The molecule has 1 atom stereocenters. The van der Waals surface area contributed by atoms with Crippen molar-refractivity contribution in [3.63, 3.8) is 0 Å². The first kappa shape index (κ1) is 20.0. The van der Waals surface area contributed by atoms with Gasteiger partial charge in [-0.1, -0.05) is 37.6 Å². The monoisotopic (exact) mass is 365 g/mol. The molecule has 0 aliphatic carbocycles. The first-order valence-corrected chi connectivity index (χ1v) is 8.41. The van der Waals surface area contributed by atoms with Crippen molar-refractivity contribution in [2.45, 2.75) is 38.6 Å². The van der Waals surface area contributed by atoms with Gasteiger partial charge in [-0.2, -0.15) is 13.2 Å². The highest BCUT2D eigenvalue weighted by Gasteiger charge is 2.31. The van der Waals surface area contributed by atoms with E-state index in [0.717, 1.165) is 24.1 Å². The maximum atomic E-state index is 13.0. The molecule has 0 radical (unpaired) electrons.